The Hall–Kier alpha value is -0.380. The second kappa shape index (κ2) is 6.38. The molecule has 1 nitrogen and oxygen atoms in total. The van der Waals surface area contributed by atoms with Crippen molar-refractivity contribution in [2.24, 2.45) is 5.73 Å². The van der Waals surface area contributed by atoms with Gasteiger partial charge in [0, 0.05) is 16.1 Å². The third kappa shape index (κ3) is 3.89. The van der Waals surface area contributed by atoms with Gasteiger partial charge in [-0.2, -0.15) is 0 Å². The Kier molecular flexibility index (Phi) is 6.23. The predicted molar refractivity (Wildman–Crippen MR) is 72.4 cm³/mol. The lowest BCUT2D eigenvalue weighted by molar-refractivity contribution is 0.572. The van der Waals surface area contributed by atoms with Crippen LogP contribution in [0.3, 0.4) is 0 Å². The fourth-order valence-electron chi connectivity index (χ4n) is 1.51. The van der Waals surface area contributed by atoms with E-state index in [9.17, 15) is 4.39 Å². The first-order valence-electron chi connectivity index (χ1n) is 4.77. The highest BCUT2D eigenvalue weighted by atomic mass is 79.9. The average molecular weight is 309 g/mol. The fourth-order valence-corrected chi connectivity index (χ4v) is 2.10. The highest BCUT2D eigenvalue weighted by molar-refractivity contribution is 9.10. The number of hydrogen-bond acceptors (Lipinski definition) is 1. The van der Waals surface area contributed by atoms with Crippen LogP contribution in [-0.2, 0) is 0 Å². The summed E-state index contributed by atoms with van der Waals surface area (Å²) in [6.45, 7) is 7.41. The molecule has 0 heterocycles. The zero-order valence-electron chi connectivity index (χ0n) is 9.39. The minimum Gasteiger partial charge on any atom is -0.324 e. The van der Waals surface area contributed by atoms with Crippen LogP contribution in [0.1, 0.15) is 30.5 Å². The SMILES string of the molecule is C=C(C)C[C@H](N)c1cc(Br)cc(C)c1F.Cl. The largest absolute Gasteiger partial charge is 0.324 e. The summed E-state index contributed by atoms with van der Waals surface area (Å²) in [4.78, 5) is 0. The van der Waals surface area contributed by atoms with Crippen LogP contribution >= 0.6 is 28.3 Å². The first-order valence-corrected chi connectivity index (χ1v) is 5.56. The molecular weight excluding hydrogens is 292 g/mol. The summed E-state index contributed by atoms with van der Waals surface area (Å²) in [7, 11) is 0. The van der Waals surface area contributed by atoms with Crippen molar-refractivity contribution in [1.29, 1.82) is 0 Å². The quantitative estimate of drug-likeness (QED) is 0.829. The summed E-state index contributed by atoms with van der Waals surface area (Å²) in [6, 6.07) is 3.15. The van der Waals surface area contributed by atoms with Gasteiger partial charge in [-0.25, -0.2) is 4.39 Å². The van der Waals surface area contributed by atoms with Gasteiger partial charge in [-0.3, -0.25) is 0 Å². The summed E-state index contributed by atoms with van der Waals surface area (Å²) in [5.74, 6) is -0.216. The Morgan fingerprint density at radius 3 is 2.62 bits per heavy atom. The molecule has 1 aromatic rings. The molecule has 0 aliphatic heterocycles. The topological polar surface area (TPSA) is 26.0 Å². The molecule has 16 heavy (non-hydrogen) atoms. The molecule has 0 fully saturated rings. The van der Waals surface area contributed by atoms with Crippen LogP contribution in [0.25, 0.3) is 0 Å². The molecule has 2 N–H and O–H groups in total. The van der Waals surface area contributed by atoms with Crippen molar-refractivity contribution < 1.29 is 4.39 Å². The minimum atomic E-state index is -0.321. The average Bonchev–Trinajstić information content (AvgIpc) is 2.09. The van der Waals surface area contributed by atoms with Crippen molar-refractivity contribution in [3.63, 3.8) is 0 Å². The van der Waals surface area contributed by atoms with Crippen LogP contribution in [0, 0.1) is 12.7 Å². The van der Waals surface area contributed by atoms with E-state index in [-0.39, 0.29) is 24.3 Å². The van der Waals surface area contributed by atoms with Gasteiger partial charge in [0.15, 0.2) is 0 Å². The van der Waals surface area contributed by atoms with Gasteiger partial charge in [-0.1, -0.05) is 21.5 Å². The van der Waals surface area contributed by atoms with Gasteiger partial charge in [0.1, 0.15) is 5.82 Å². The van der Waals surface area contributed by atoms with Gasteiger partial charge in [0.05, 0.1) is 0 Å². The van der Waals surface area contributed by atoms with E-state index in [1.165, 1.54) is 0 Å². The van der Waals surface area contributed by atoms with Crippen molar-refractivity contribution in [3.8, 4) is 0 Å². The van der Waals surface area contributed by atoms with E-state index in [2.05, 4.69) is 22.5 Å². The lowest BCUT2D eigenvalue weighted by atomic mass is 9.99. The molecule has 0 aliphatic rings. The van der Waals surface area contributed by atoms with Crippen molar-refractivity contribution >= 4 is 28.3 Å². The van der Waals surface area contributed by atoms with Gasteiger partial charge in [0.25, 0.3) is 0 Å². The van der Waals surface area contributed by atoms with Crippen LogP contribution in [0.2, 0.25) is 0 Å². The molecule has 90 valence electrons. The fraction of sp³-hybridized carbons (Fsp3) is 0.333. The molecule has 1 rings (SSSR count). The van der Waals surface area contributed by atoms with Gasteiger partial charge in [-0.05, 0) is 38.0 Å². The van der Waals surface area contributed by atoms with Crippen LogP contribution in [-0.4, -0.2) is 0 Å². The molecule has 0 spiro atoms. The number of nitrogens with two attached hydrogens (primary N) is 1. The first kappa shape index (κ1) is 15.6. The number of rotatable bonds is 3. The van der Waals surface area contributed by atoms with Crippen LogP contribution < -0.4 is 5.73 Å². The van der Waals surface area contributed by atoms with Gasteiger partial charge in [-0.15, -0.1) is 19.0 Å². The third-order valence-electron chi connectivity index (χ3n) is 2.22. The molecule has 0 unspecified atom stereocenters. The highest BCUT2D eigenvalue weighted by Crippen LogP contribution is 2.26. The molecule has 0 radical (unpaired) electrons. The van der Waals surface area contributed by atoms with E-state index in [4.69, 9.17) is 5.73 Å². The maximum Gasteiger partial charge on any atom is 0.130 e. The van der Waals surface area contributed by atoms with Gasteiger partial charge >= 0.3 is 0 Å². The Morgan fingerprint density at radius 2 is 2.12 bits per heavy atom. The second-order valence-electron chi connectivity index (χ2n) is 3.89. The normalized spacial score (nSPS) is 11.8. The van der Waals surface area contributed by atoms with E-state index >= 15 is 0 Å². The molecule has 1 aromatic carbocycles. The molecule has 1 atom stereocenters. The Labute approximate surface area is 110 Å². The smallest absolute Gasteiger partial charge is 0.130 e. The van der Waals surface area contributed by atoms with E-state index in [0.717, 1.165) is 10.0 Å². The highest BCUT2D eigenvalue weighted by Gasteiger charge is 2.14. The predicted octanol–water partition coefficient (Wildman–Crippen LogP) is 4.28. The summed E-state index contributed by atoms with van der Waals surface area (Å²) in [5.41, 5.74) is 8.02. The molecule has 0 aromatic heterocycles. The zero-order valence-corrected chi connectivity index (χ0v) is 11.8. The van der Waals surface area contributed by atoms with Crippen molar-refractivity contribution in [2.75, 3.05) is 0 Å². The zero-order chi connectivity index (χ0) is 11.6. The van der Waals surface area contributed by atoms with Crippen LogP contribution in [0.4, 0.5) is 4.39 Å². The van der Waals surface area contributed by atoms with Gasteiger partial charge in [0.2, 0.25) is 0 Å². The monoisotopic (exact) mass is 307 g/mol. The maximum absolute atomic E-state index is 13.8. The Morgan fingerprint density at radius 1 is 1.56 bits per heavy atom. The Balaban J connectivity index is 0.00000225. The number of aryl methyl sites for hydroxylation is 1. The van der Waals surface area contributed by atoms with Gasteiger partial charge < -0.3 is 5.73 Å². The second-order valence-corrected chi connectivity index (χ2v) is 4.81. The lowest BCUT2D eigenvalue weighted by Crippen LogP contribution is -2.13. The number of hydrogen-bond donors (Lipinski definition) is 1. The van der Waals surface area contributed by atoms with E-state index in [1.807, 2.05) is 6.92 Å². The lowest BCUT2D eigenvalue weighted by Gasteiger charge is -2.14. The summed E-state index contributed by atoms with van der Waals surface area (Å²) >= 11 is 3.34. The van der Waals surface area contributed by atoms with Crippen molar-refractivity contribution in [1.82, 2.24) is 0 Å². The summed E-state index contributed by atoms with van der Waals surface area (Å²) in [5, 5.41) is 0. The maximum atomic E-state index is 13.8. The van der Waals surface area contributed by atoms with Crippen LogP contribution in [0.5, 0.6) is 0 Å². The first-order chi connectivity index (χ1) is 6.91. The van der Waals surface area contributed by atoms with E-state index in [1.54, 1.807) is 19.1 Å². The van der Waals surface area contributed by atoms with Crippen molar-refractivity contribution in [2.45, 2.75) is 26.3 Å². The molecule has 4 heteroatoms. The summed E-state index contributed by atoms with van der Waals surface area (Å²) in [6.07, 6.45) is 0.604. The van der Waals surface area contributed by atoms with Crippen molar-refractivity contribution in [3.05, 3.63) is 45.7 Å². The molecule has 0 amide bonds. The standard InChI is InChI=1S/C12H15BrFN.ClH/c1-7(2)4-11(15)10-6-9(13)5-8(3)12(10)14;/h5-6,11H,1,4,15H2,2-3H3;1H/t11-;/m0./s1. The molecular formula is C12H16BrClFN. The molecule has 0 aliphatic carbocycles. The third-order valence-corrected chi connectivity index (χ3v) is 2.67. The van der Waals surface area contributed by atoms with Crippen LogP contribution in [0.15, 0.2) is 28.8 Å². The number of benzene rings is 1. The number of halogens is 3. The molecule has 0 saturated heterocycles. The Bertz CT molecular complexity index is 393. The minimum absolute atomic E-state index is 0. The molecule has 0 bridgehead atoms. The summed E-state index contributed by atoms with van der Waals surface area (Å²) < 4.78 is 14.6. The van der Waals surface area contributed by atoms with E-state index < -0.39 is 0 Å². The molecule has 0 saturated carbocycles. The van der Waals surface area contributed by atoms with E-state index in [0.29, 0.717) is 17.5 Å².